The number of rotatable bonds is 7. The van der Waals surface area contributed by atoms with E-state index in [0.29, 0.717) is 12.1 Å². The molecule has 1 saturated heterocycles. The lowest BCUT2D eigenvalue weighted by atomic mass is 9.91. The Morgan fingerprint density at radius 1 is 1.41 bits per heavy atom. The van der Waals surface area contributed by atoms with Crippen molar-refractivity contribution in [3.05, 3.63) is 0 Å². The summed E-state index contributed by atoms with van der Waals surface area (Å²) >= 11 is 0. The van der Waals surface area contributed by atoms with E-state index < -0.39 is 0 Å². The molecule has 0 aliphatic carbocycles. The maximum atomic E-state index is 5.13. The number of hydrogen-bond donors (Lipinski definition) is 1. The molecule has 0 radical (unpaired) electrons. The topological polar surface area (TPSA) is 24.5 Å². The average molecular weight is 242 g/mol. The predicted octanol–water partition coefficient (Wildman–Crippen LogP) is 2.12. The van der Waals surface area contributed by atoms with Crippen LogP contribution >= 0.6 is 0 Å². The van der Waals surface area contributed by atoms with Crippen LogP contribution < -0.4 is 5.32 Å². The summed E-state index contributed by atoms with van der Waals surface area (Å²) in [5.74, 6) is 0.814. The summed E-state index contributed by atoms with van der Waals surface area (Å²) in [5.41, 5.74) is 0. The first kappa shape index (κ1) is 14.9. The Morgan fingerprint density at radius 2 is 2.18 bits per heavy atom. The Bertz CT molecular complexity index is 199. The Kier molecular flexibility index (Phi) is 7.09. The monoisotopic (exact) mass is 242 g/mol. The highest BCUT2D eigenvalue weighted by atomic mass is 16.5. The molecule has 0 bridgehead atoms. The molecule has 1 fully saturated rings. The second-order valence-electron chi connectivity index (χ2n) is 5.43. The zero-order chi connectivity index (χ0) is 12.7. The molecule has 3 heteroatoms. The molecule has 1 aliphatic rings. The number of nitrogens with one attached hydrogen (secondary N) is 1. The minimum absolute atomic E-state index is 0.557. The van der Waals surface area contributed by atoms with Gasteiger partial charge in [-0.2, -0.15) is 0 Å². The first-order valence-corrected chi connectivity index (χ1v) is 7.14. The Morgan fingerprint density at radius 3 is 2.82 bits per heavy atom. The molecule has 0 aromatic rings. The smallest absolute Gasteiger partial charge is 0.0476 e. The SMILES string of the molecule is CCN1CCCC(C(C)NC(C)CCOC)C1. The van der Waals surface area contributed by atoms with Gasteiger partial charge in [0.05, 0.1) is 0 Å². The predicted molar refractivity (Wildman–Crippen MR) is 73.4 cm³/mol. The Hall–Kier alpha value is -0.120. The standard InChI is InChI=1S/C14H30N2O/c1-5-16-9-6-7-14(11-16)13(3)15-12(2)8-10-17-4/h12-15H,5-11H2,1-4H3. The van der Waals surface area contributed by atoms with Gasteiger partial charge in [-0.25, -0.2) is 0 Å². The highest BCUT2D eigenvalue weighted by molar-refractivity contribution is 4.81. The molecule has 0 spiro atoms. The highest BCUT2D eigenvalue weighted by Crippen LogP contribution is 2.19. The van der Waals surface area contributed by atoms with Crippen molar-refractivity contribution in [1.29, 1.82) is 0 Å². The zero-order valence-electron chi connectivity index (χ0n) is 12.0. The Labute approximate surface area is 107 Å². The molecule has 0 amide bonds. The maximum absolute atomic E-state index is 5.13. The van der Waals surface area contributed by atoms with E-state index in [0.717, 1.165) is 18.9 Å². The number of methoxy groups -OCH3 is 1. The lowest BCUT2D eigenvalue weighted by Gasteiger charge is -2.36. The summed E-state index contributed by atoms with van der Waals surface area (Å²) in [6.45, 7) is 11.5. The first-order valence-electron chi connectivity index (χ1n) is 7.14. The summed E-state index contributed by atoms with van der Waals surface area (Å²) in [6, 6.07) is 1.18. The third kappa shape index (κ3) is 5.36. The molecule has 1 N–H and O–H groups in total. The van der Waals surface area contributed by atoms with Crippen molar-refractivity contribution in [2.45, 2.75) is 52.1 Å². The second-order valence-corrected chi connectivity index (χ2v) is 5.43. The van der Waals surface area contributed by atoms with Gasteiger partial charge < -0.3 is 15.0 Å². The molecular formula is C14H30N2O. The van der Waals surface area contributed by atoms with Crippen LogP contribution in [-0.4, -0.2) is 50.3 Å². The van der Waals surface area contributed by atoms with Crippen LogP contribution in [0.2, 0.25) is 0 Å². The minimum atomic E-state index is 0.557. The molecule has 0 saturated carbocycles. The van der Waals surface area contributed by atoms with E-state index >= 15 is 0 Å². The summed E-state index contributed by atoms with van der Waals surface area (Å²) in [7, 11) is 1.77. The van der Waals surface area contributed by atoms with E-state index in [1.165, 1.54) is 32.5 Å². The van der Waals surface area contributed by atoms with E-state index in [9.17, 15) is 0 Å². The van der Waals surface area contributed by atoms with Gasteiger partial charge >= 0.3 is 0 Å². The first-order chi connectivity index (χ1) is 8.17. The van der Waals surface area contributed by atoms with Crippen LogP contribution in [0.4, 0.5) is 0 Å². The van der Waals surface area contributed by atoms with Crippen molar-refractivity contribution >= 4 is 0 Å². The zero-order valence-corrected chi connectivity index (χ0v) is 12.0. The van der Waals surface area contributed by atoms with Crippen molar-refractivity contribution < 1.29 is 4.74 Å². The van der Waals surface area contributed by atoms with Gasteiger partial charge in [-0.3, -0.25) is 0 Å². The number of likely N-dealkylation sites (tertiary alicyclic amines) is 1. The molecular weight excluding hydrogens is 212 g/mol. The number of piperidine rings is 1. The third-order valence-corrected chi connectivity index (χ3v) is 4.00. The van der Waals surface area contributed by atoms with Crippen LogP contribution in [0, 0.1) is 5.92 Å². The summed E-state index contributed by atoms with van der Waals surface area (Å²) < 4.78 is 5.13. The van der Waals surface area contributed by atoms with Crippen LogP contribution in [0.5, 0.6) is 0 Å². The van der Waals surface area contributed by atoms with Crippen molar-refractivity contribution in [2.24, 2.45) is 5.92 Å². The van der Waals surface area contributed by atoms with Crippen LogP contribution in [0.25, 0.3) is 0 Å². The molecule has 1 heterocycles. The van der Waals surface area contributed by atoms with Gasteiger partial charge in [0.25, 0.3) is 0 Å². The van der Waals surface area contributed by atoms with Crippen molar-refractivity contribution in [3.8, 4) is 0 Å². The molecule has 3 nitrogen and oxygen atoms in total. The van der Waals surface area contributed by atoms with Gasteiger partial charge in [0.15, 0.2) is 0 Å². The fraction of sp³-hybridized carbons (Fsp3) is 1.00. The van der Waals surface area contributed by atoms with Crippen LogP contribution in [0.3, 0.4) is 0 Å². The number of ether oxygens (including phenoxy) is 1. The molecule has 0 aromatic carbocycles. The van der Waals surface area contributed by atoms with Crippen molar-refractivity contribution in [3.63, 3.8) is 0 Å². The lowest BCUT2D eigenvalue weighted by Crippen LogP contribution is -2.46. The van der Waals surface area contributed by atoms with Gasteiger partial charge in [-0.05, 0) is 52.1 Å². The van der Waals surface area contributed by atoms with Crippen LogP contribution in [0.15, 0.2) is 0 Å². The molecule has 1 rings (SSSR count). The lowest BCUT2D eigenvalue weighted by molar-refractivity contribution is 0.145. The quantitative estimate of drug-likeness (QED) is 0.740. The molecule has 1 aliphatic heterocycles. The van der Waals surface area contributed by atoms with Crippen LogP contribution in [0.1, 0.15) is 40.0 Å². The molecule has 102 valence electrons. The largest absolute Gasteiger partial charge is 0.385 e. The molecule has 3 atom stereocenters. The van der Waals surface area contributed by atoms with Crippen LogP contribution in [-0.2, 0) is 4.74 Å². The van der Waals surface area contributed by atoms with Crippen molar-refractivity contribution in [1.82, 2.24) is 10.2 Å². The third-order valence-electron chi connectivity index (χ3n) is 4.00. The molecule has 3 unspecified atom stereocenters. The van der Waals surface area contributed by atoms with E-state index in [1.54, 1.807) is 7.11 Å². The Balaban J connectivity index is 2.28. The van der Waals surface area contributed by atoms with Gasteiger partial charge in [-0.15, -0.1) is 0 Å². The maximum Gasteiger partial charge on any atom is 0.0476 e. The second kappa shape index (κ2) is 8.06. The highest BCUT2D eigenvalue weighted by Gasteiger charge is 2.24. The minimum Gasteiger partial charge on any atom is -0.385 e. The fourth-order valence-corrected chi connectivity index (χ4v) is 2.75. The van der Waals surface area contributed by atoms with Gasteiger partial charge in [0.1, 0.15) is 0 Å². The number of nitrogens with zero attached hydrogens (tertiary/aromatic N) is 1. The number of hydrogen-bond acceptors (Lipinski definition) is 3. The van der Waals surface area contributed by atoms with E-state index in [-0.39, 0.29) is 0 Å². The normalized spacial score (nSPS) is 25.8. The molecule has 17 heavy (non-hydrogen) atoms. The summed E-state index contributed by atoms with van der Waals surface area (Å²) in [4.78, 5) is 2.58. The average Bonchev–Trinajstić information content (AvgIpc) is 2.36. The van der Waals surface area contributed by atoms with Gasteiger partial charge in [0, 0.05) is 32.3 Å². The van der Waals surface area contributed by atoms with E-state index in [1.807, 2.05) is 0 Å². The summed E-state index contributed by atoms with van der Waals surface area (Å²) in [6.07, 6.45) is 3.84. The van der Waals surface area contributed by atoms with Crippen molar-refractivity contribution in [2.75, 3.05) is 33.4 Å². The van der Waals surface area contributed by atoms with E-state index in [4.69, 9.17) is 4.74 Å². The molecule has 0 aromatic heterocycles. The fourth-order valence-electron chi connectivity index (χ4n) is 2.75. The van der Waals surface area contributed by atoms with Gasteiger partial charge in [0.2, 0.25) is 0 Å². The van der Waals surface area contributed by atoms with E-state index in [2.05, 4.69) is 31.0 Å². The summed E-state index contributed by atoms with van der Waals surface area (Å²) in [5, 5.41) is 3.72. The van der Waals surface area contributed by atoms with Gasteiger partial charge in [-0.1, -0.05) is 6.92 Å².